The minimum atomic E-state index is 0.123. The zero-order valence-electron chi connectivity index (χ0n) is 16.0. The molecule has 2 aromatic heterocycles. The molecule has 0 unspecified atom stereocenters. The number of likely N-dealkylation sites (tertiary alicyclic amines) is 1. The van der Waals surface area contributed by atoms with Crippen molar-refractivity contribution in [3.05, 3.63) is 48.4 Å². The van der Waals surface area contributed by atoms with Gasteiger partial charge >= 0.3 is 0 Å². The highest BCUT2D eigenvalue weighted by Crippen LogP contribution is 2.27. The van der Waals surface area contributed by atoms with Crippen LogP contribution in [0.4, 0.5) is 0 Å². The molecule has 1 fully saturated rings. The predicted molar refractivity (Wildman–Crippen MR) is 105 cm³/mol. The number of rotatable bonds is 5. The normalized spacial score (nSPS) is 17.4. The SMILES string of the molecule is COc1ccc2c(c1)cc(C(=O)N1CCCC[C@H]1CCn1cccn1)n2C. The lowest BCUT2D eigenvalue weighted by atomic mass is 9.99. The fraction of sp³-hybridized carbons (Fsp3) is 0.429. The minimum absolute atomic E-state index is 0.123. The Morgan fingerprint density at radius 3 is 2.96 bits per heavy atom. The molecule has 1 saturated heterocycles. The van der Waals surface area contributed by atoms with Gasteiger partial charge in [0.25, 0.3) is 5.91 Å². The number of carbonyl (C=O) groups is 1. The lowest BCUT2D eigenvalue weighted by molar-refractivity contribution is 0.0584. The van der Waals surface area contributed by atoms with Gasteiger partial charge < -0.3 is 14.2 Å². The van der Waals surface area contributed by atoms with E-state index in [0.29, 0.717) is 0 Å². The first-order valence-electron chi connectivity index (χ1n) is 9.59. The monoisotopic (exact) mass is 366 g/mol. The van der Waals surface area contributed by atoms with E-state index in [1.807, 2.05) is 52.8 Å². The van der Waals surface area contributed by atoms with Crippen LogP contribution in [0.3, 0.4) is 0 Å². The number of piperidine rings is 1. The van der Waals surface area contributed by atoms with Crippen molar-refractivity contribution in [1.29, 1.82) is 0 Å². The molecule has 0 N–H and O–H groups in total. The van der Waals surface area contributed by atoms with E-state index in [-0.39, 0.29) is 11.9 Å². The fourth-order valence-electron chi connectivity index (χ4n) is 4.09. The maximum absolute atomic E-state index is 13.4. The Morgan fingerprint density at radius 2 is 2.19 bits per heavy atom. The first-order valence-corrected chi connectivity index (χ1v) is 9.59. The van der Waals surface area contributed by atoms with Gasteiger partial charge in [0.05, 0.1) is 7.11 Å². The molecule has 1 atom stereocenters. The molecular formula is C21H26N4O2. The number of hydrogen-bond acceptors (Lipinski definition) is 3. The smallest absolute Gasteiger partial charge is 0.270 e. The summed E-state index contributed by atoms with van der Waals surface area (Å²) in [6, 6.07) is 10.1. The van der Waals surface area contributed by atoms with E-state index >= 15 is 0 Å². The molecule has 142 valence electrons. The van der Waals surface area contributed by atoms with Crippen molar-refractivity contribution in [2.45, 2.75) is 38.3 Å². The van der Waals surface area contributed by atoms with E-state index in [1.165, 1.54) is 6.42 Å². The lowest BCUT2D eigenvalue weighted by Crippen LogP contribution is -2.44. The number of aryl methyl sites for hydroxylation is 2. The Labute approximate surface area is 159 Å². The van der Waals surface area contributed by atoms with E-state index in [9.17, 15) is 4.79 Å². The maximum Gasteiger partial charge on any atom is 0.270 e. The van der Waals surface area contributed by atoms with Crippen molar-refractivity contribution in [1.82, 2.24) is 19.2 Å². The van der Waals surface area contributed by atoms with Gasteiger partial charge in [-0.15, -0.1) is 0 Å². The van der Waals surface area contributed by atoms with Gasteiger partial charge in [0, 0.05) is 49.5 Å². The van der Waals surface area contributed by atoms with Crippen LogP contribution in [0.15, 0.2) is 42.7 Å². The van der Waals surface area contributed by atoms with Gasteiger partial charge in [0.15, 0.2) is 0 Å². The summed E-state index contributed by atoms with van der Waals surface area (Å²) in [5.74, 6) is 0.931. The fourth-order valence-corrected chi connectivity index (χ4v) is 4.09. The third-order valence-electron chi connectivity index (χ3n) is 5.61. The number of fused-ring (bicyclic) bond motifs is 1. The summed E-state index contributed by atoms with van der Waals surface area (Å²) in [7, 11) is 3.62. The van der Waals surface area contributed by atoms with E-state index in [0.717, 1.165) is 54.7 Å². The number of ether oxygens (including phenoxy) is 1. The van der Waals surface area contributed by atoms with Crippen molar-refractivity contribution in [2.75, 3.05) is 13.7 Å². The number of carbonyl (C=O) groups excluding carboxylic acids is 1. The van der Waals surface area contributed by atoms with Gasteiger partial charge in [0.1, 0.15) is 11.4 Å². The van der Waals surface area contributed by atoms with Crippen LogP contribution >= 0.6 is 0 Å². The molecule has 4 rings (SSSR count). The second-order valence-electron chi connectivity index (χ2n) is 7.22. The summed E-state index contributed by atoms with van der Waals surface area (Å²) in [6.07, 6.45) is 8.03. The summed E-state index contributed by atoms with van der Waals surface area (Å²) in [5.41, 5.74) is 1.79. The van der Waals surface area contributed by atoms with Crippen LogP contribution in [0.2, 0.25) is 0 Å². The quantitative estimate of drug-likeness (QED) is 0.695. The molecule has 0 saturated carbocycles. The molecule has 6 heteroatoms. The Balaban J connectivity index is 1.57. The highest BCUT2D eigenvalue weighted by atomic mass is 16.5. The molecule has 1 amide bonds. The molecule has 3 heterocycles. The first-order chi connectivity index (χ1) is 13.2. The minimum Gasteiger partial charge on any atom is -0.497 e. The van der Waals surface area contributed by atoms with E-state index < -0.39 is 0 Å². The lowest BCUT2D eigenvalue weighted by Gasteiger charge is -2.36. The van der Waals surface area contributed by atoms with Gasteiger partial charge in [-0.3, -0.25) is 9.48 Å². The summed E-state index contributed by atoms with van der Waals surface area (Å²) >= 11 is 0. The number of amides is 1. The topological polar surface area (TPSA) is 52.3 Å². The molecule has 27 heavy (non-hydrogen) atoms. The van der Waals surface area contributed by atoms with Crippen molar-refractivity contribution in [2.24, 2.45) is 7.05 Å². The van der Waals surface area contributed by atoms with Crippen LogP contribution in [0.25, 0.3) is 10.9 Å². The highest BCUT2D eigenvalue weighted by molar-refractivity contribution is 5.99. The van der Waals surface area contributed by atoms with Crippen LogP contribution in [-0.4, -0.2) is 44.9 Å². The molecule has 1 aromatic carbocycles. The summed E-state index contributed by atoms with van der Waals surface area (Å²) in [6.45, 7) is 1.67. The largest absolute Gasteiger partial charge is 0.497 e. The number of hydrogen-bond donors (Lipinski definition) is 0. The molecular weight excluding hydrogens is 340 g/mol. The van der Waals surface area contributed by atoms with Crippen LogP contribution in [-0.2, 0) is 13.6 Å². The standard InChI is InChI=1S/C21H26N4O2/c1-23-19-8-7-18(27-2)14-16(19)15-20(23)21(26)25-12-4-3-6-17(25)9-13-24-11-5-10-22-24/h5,7-8,10-11,14-15,17H,3-4,6,9,12-13H2,1-2H3/t17-/m0/s1. The van der Waals surface area contributed by atoms with Gasteiger partial charge in [-0.1, -0.05) is 0 Å². The van der Waals surface area contributed by atoms with Crippen molar-refractivity contribution >= 4 is 16.8 Å². The molecule has 1 aliphatic rings. The van der Waals surface area contributed by atoms with Gasteiger partial charge in [-0.2, -0.15) is 5.10 Å². The van der Waals surface area contributed by atoms with E-state index in [2.05, 4.69) is 10.00 Å². The molecule has 0 aliphatic carbocycles. The molecule has 0 spiro atoms. The molecule has 1 aliphatic heterocycles. The molecule has 0 radical (unpaired) electrons. The Morgan fingerprint density at radius 1 is 1.30 bits per heavy atom. The molecule has 3 aromatic rings. The van der Waals surface area contributed by atoms with Crippen molar-refractivity contribution < 1.29 is 9.53 Å². The van der Waals surface area contributed by atoms with Crippen LogP contribution in [0.5, 0.6) is 5.75 Å². The van der Waals surface area contributed by atoms with Crippen LogP contribution in [0.1, 0.15) is 36.2 Å². The highest BCUT2D eigenvalue weighted by Gasteiger charge is 2.29. The Kier molecular flexibility index (Phi) is 4.88. The number of nitrogens with zero attached hydrogens (tertiary/aromatic N) is 4. The number of methoxy groups -OCH3 is 1. The van der Waals surface area contributed by atoms with Crippen molar-refractivity contribution in [3.8, 4) is 5.75 Å². The number of benzene rings is 1. The van der Waals surface area contributed by atoms with Gasteiger partial charge in [-0.25, -0.2) is 0 Å². The second-order valence-corrected chi connectivity index (χ2v) is 7.22. The molecule has 0 bridgehead atoms. The summed E-state index contributed by atoms with van der Waals surface area (Å²) in [4.78, 5) is 15.4. The van der Waals surface area contributed by atoms with Gasteiger partial charge in [-0.05, 0) is 56.0 Å². The zero-order chi connectivity index (χ0) is 18.8. The number of aromatic nitrogens is 3. The van der Waals surface area contributed by atoms with Crippen LogP contribution < -0.4 is 4.74 Å². The Bertz CT molecular complexity index is 929. The predicted octanol–water partition coefficient (Wildman–Crippen LogP) is 3.47. The van der Waals surface area contributed by atoms with Crippen molar-refractivity contribution in [3.63, 3.8) is 0 Å². The average molecular weight is 366 g/mol. The molecule has 6 nitrogen and oxygen atoms in total. The average Bonchev–Trinajstić information content (AvgIpc) is 3.34. The second kappa shape index (κ2) is 7.47. The van der Waals surface area contributed by atoms with E-state index in [4.69, 9.17) is 4.74 Å². The van der Waals surface area contributed by atoms with Crippen LogP contribution in [0, 0.1) is 0 Å². The van der Waals surface area contributed by atoms with Gasteiger partial charge in [0.2, 0.25) is 0 Å². The maximum atomic E-state index is 13.4. The third kappa shape index (κ3) is 3.44. The zero-order valence-corrected chi connectivity index (χ0v) is 16.0. The summed E-state index contributed by atoms with van der Waals surface area (Å²) in [5, 5.41) is 5.32. The Hall–Kier alpha value is -2.76. The van der Waals surface area contributed by atoms with E-state index in [1.54, 1.807) is 13.3 Å². The first kappa shape index (κ1) is 17.6. The summed E-state index contributed by atoms with van der Waals surface area (Å²) < 4.78 is 9.26. The third-order valence-corrected chi connectivity index (χ3v) is 5.61.